The Kier molecular flexibility index (Phi) is 4.63. The van der Waals surface area contributed by atoms with Gasteiger partial charge in [0.2, 0.25) is 10.0 Å². The van der Waals surface area contributed by atoms with Crippen LogP contribution in [0.25, 0.3) is 0 Å². The van der Waals surface area contributed by atoms with Gasteiger partial charge in [-0.2, -0.15) is 0 Å². The molecule has 1 aliphatic heterocycles. The molecule has 1 fully saturated rings. The second-order valence-corrected chi connectivity index (χ2v) is 7.55. The number of likely N-dealkylation sites (tertiary alicyclic amines) is 1. The molecule has 1 aliphatic rings. The van der Waals surface area contributed by atoms with Crippen molar-refractivity contribution in [3.05, 3.63) is 29.6 Å². The molecule has 2 rings (SSSR count). The number of rotatable bonds is 3. The Labute approximate surface area is 125 Å². The number of piperidine rings is 1. The van der Waals surface area contributed by atoms with Crippen LogP contribution in [0.2, 0.25) is 0 Å². The predicted molar refractivity (Wildman–Crippen MR) is 80.4 cm³/mol. The Morgan fingerprint density at radius 2 is 2.14 bits per heavy atom. The van der Waals surface area contributed by atoms with Gasteiger partial charge in [0.25, 0.3) is 5.91 Å². The zero-order valence-corrected chi connectivity index (χ0v) is 13.1. The van der Waals surface area contributed by atoms with Crippen LogP contribution in [0.3, 0.4) is 0 Å². The Hall–Kier alpha value is -1.47. The molecule has 0 aliphatic carbocycles. The fourth-order valence-corrected chi connectivity index (χ4v) is 3.33. The van der Waals surface area contributed by atoms with Crippen LogP contribution in [-0.4, -0.2) is 42.5 Å². The average Bonchev–Trinajstić information content (AvgIpc) is 2.46. The van der Waals surface area contributed by atoms with E-state index in [1.165, 1.54) is 4.90 Å². The van der Waals surface area contributed by atoms with E-state index in [0.29, 0.717) is 25.1 Å². The number of nitrogens with two attached hydrogens (primary N) is 1. The molecule has 1 atom stereocenters. The van der Waals surface area contributed by atoms with E-state index >= 15 is 0 Å². The van der Waals surface area contributed by atoms with E-state index in [1.807, 2.05) is 19.9 Å². The summed E-state index contributed by atoms with van der Waals surface area (Å²) >= 11 is 0. The van der Waals surface area contributed by atoms with Crippen LogP contribution < -0.4 is 5.14 Å². The van der Waals surface area contributed by atoms with Gasteiger partial charge in [0.1, 0.15) is 5.69 Å². The summed E-state index contributed by atoms with van der Waals surface area (Å²) in [4.78, 5) is 18.4. The van der Waals surface area contributed by atoms with E-state index in [4.69, 9.17) is 5.14 Å². The predicted octanol–water partition coefficient (Wildman–Crippen LogP) is 1.10. The lowest BCUT2D eigenvalue weighted by molar-refractivity contribution is 0.0720. The van der Waals surface area contributed by atoms with Crippen molar-refractivity contribution in [3.63, 3.8) is 0 Å². The van der Waals surface area contributed by atoms with Crippen LogP contribution >= 0.6 is 0 Å². The maximum absolute atomic E-state index is 12.5. The molecule has 0 aromatic carbocycles. The molecule has 0 saturated carbocycles. The normalized spacial score (nSPS) is 19.8. The van der Waals surface area contributed by atoms with Gasteiger partial charge in [0, 0.05) is 18.8 Å². The molecule has 1 amide bonds. The van der Waals surface area contributed by atoms with Gasteiger partial charge in [-0.15, -0.1) is 0 Å². The van der Waals surface area contributed by atoms with E-state index in [9.17, 15) is 13.2 Å². The summed E-state index contributed by atoms with van der Waals surface area (Å²) in [6.07, 6.45) is 1.14. The minimum absolute atomic E-state index is 0.144. The number of nitrogens with zero attached hydrogens (tertiary/aromatic N) is 2. The van der Waals surface area contributed by atoms with Gasteiger partial charge in [0.15, 0.2) is 0 Å². The highest BCUT2D eigenvalue weighted by atomic mass is 32.2. The van der Waals surface area contributed by atoms with Crippen LogP contribution in [0.5, 0.6) is 0 Å². The maximum atomic E-state index is 12.5. The Bertz CT molecular complexity index is 628. The third-order valence-electron chi connectivity index (χ3n) is 3.71. The molecule has 7 heteroatoms. The van der Waals surface area contributed by atoms with Crippen molar-refractivity contribution < 1.29 is 13.2 Å². The standard InChI is InChI=1S/C14H21N3O3S/c1-10(2)12-6-3-7-13(16-12)14(18)17-8-4-5-11(9-17)21(15,19)20/h3,6-7,10-11H,4-5,8-9H2,1-2H3,(H2,15,19,20). The van der Waals surface area contributed by atoms with Crippen LogP contribution in [-0.2, 0) is 10.0 Å². The fraction of sp³-hybridized carbons (Fsp3) is 0.571. The highest BCUT2D eigenvalue weighted by Gasteiger charge is 2.31. The van der Waals surface area contributed by atoms with Crippen molar-refractivity contribution in [1.82, 2.24) is 9.88 Å². The summed E-state index contributed by atoms with van der Waals surface area (Å²) in [5.74, 6) is 0.00197. The number of amides is 1. The van der Waals surface area contributed by atoms with E-state index in [0.717, 1.165) is 5.69 Å². The molecule has 0 radical (unpaired) electrons. The molecule has 2 N–H and O–H groups in total. The highest BCUT2D eigenvalue weighted by Crippen LogP contribution is 2.18. The summed E-state index contributed by atoms with van der Waals surface area (Å²) in [6, 6.07) is 5.34. The van der Waals surface area contributed by atoms with Gasteiger partial charge in [-0.3, -0.25) is 4.79 Å². The van der Waals surface area contributed by atoms with Gasteiger partial charge < -0.3 is 4.90 Å². The van der Waals surface area contributed by atoms with Gasteiger partial charge in [-0.05, 0) is 30.9 Å². The maximum Gasteiger partial charge on any atom is 0.272 e. The van der Waals surface area contributed by atoms with E-state index in [-0.39, 0.29) is 18.4 Å². The van der Waals surface area contributed by atoms with E-state index < -0.39 is 15.3 Å². The van der Waals surface area contributed by atoms with Crippen LogP contribution in [0.1, 0.15) is 48.8 Å². The number of primary sulfonamides is 1. The number of carbonyl (C=O) groups excluding carboxylic acids is 1. The SMILES string of the molecule is CC(C)c1cccc(C(=O)N2CCCC(S(N)(=O)=O)C2)n1. The first-order chi connectivity index (χ1) is 9.79. The van der Waals surface area contributed by atoms with Gasteiger partial charge >= 0.3 is 0 Å². The largest absolute Gasteiger partial charge is 0.336 e. The lowest BCUT2D eigenvalue weighted by atomic mass is 10.1. The molecule has 1 aromatic rings. The molecule has 1 aromatic heterocycles. The first-order valence-electron chi connectivity index (χ1n) is 7.07. The molecule has 116 valence electrons. The smallest absolute Gasteiger partial charge is 0.272 e. The highest BCUT2D eigenvalue weighted by molar-refractivity contribution is 7.89. The molecule has 21 heavy (non-hydrogen) atoms. The van der Waals surface area contributed by atoms with E-state index in [2.05, 4.69) is 4.98 Å². The quantitative estimate of drug-likeness (QED) is 0.904. The lowest BCUT2D eigenvalue weighted by Crippen LogP contribution is -2.47. The van der Waals surface area contributed by atoms with Crippen LogP contribution in [0.15, 0.2) is 18.2 Å². The van der Waals surface area contributed by atoms with Crippen LogP contribution in [0.4, 0.5) is 0 Å². The molecular weight excluding hydrogens is 290 g/mol. The zero-order chi connectivity index (χ0) is 15.6. The van der Waals surface area contributed by atoms with Crippen LogP contribution in [0, 0.1) is 0 Å². The lowest BCUT2D eigenvalue weighted by Gasteiger charge is -2.31. The van der Waals surface area contributed by atoms with Gasteiger partial charge in [-0.25, -0.2) is 18.5 Å². The van der Waals surface area contributed by atoms with Crippen molar-refractivity contribution in [3.8, 4) is 0 Å². The second kappa shape index (κ2) is 6.11. The second-order valence-electron chi connectivity index (χ2n) is 5.71. The van der Waals surface area contributed by atoms with Crippen molar-refractivity contribution >= 4 is 15.9 Å². The van der Waals surface area contributed by atoms with E-state index in [1.54, 1.807) is 12.1 Å². The monoisotopic (exact) mass is 311 g/mol. The number of sulfonamides is 1. The van der Waals surface area contributed by atoms with Gasteiger partial charge in [0.05, 0.1) is 5.25 Å². The summed E-state index contributed by atoms with van der Waals surface area (Å²) in [5.41, 5.74) is 1.21. The fourth-order valence-electron chi connectivity index (χ4n) is 2.44. The van der Waals surface area contributed by atoms with Crippen molar-refractivity contribution in [2.75, 3.05) is 13.1 Å². The molecule has 1 saturated heterocycles. The Balaban J connectivity index is 2.18. The topological polar surface area (TPSA) is 93.4 Å². The zero-order valence-electron chi connectivity index (χ0n) is 12.3. The number of hydrogen-bond donors (Lipinski definition) is 1. The van der Waals surface area contributed by atoms with Crippen molar-refractivity contribution in [2.45, 2.75) is 37.9 Å². The number of carbonyl (C=O) groups is 1. The Morgan fingerprint density at radius 3 is 2.76 bits per heavy atom. The molecule has 0 bridgehead atoms. The molecule has 6 nitrogen and oxygen atoms in total. The molecule has 0 spiro atoms. The number of pyridine rings is 1. The molecule has 2 heterocycles. The summed E-state index contributed by atoms with van der Waals surface area (Å²) < 4.78 is 22.9. The first-order valence-corrected chi connectivity index (χ1v) is 8.68. The minimum Gasteiger partial charge on any atom is -0.336 e. The third-order valence-corrected chi connectivity index (χ3v) is 5.03. The third kappa shape index (κ3) is 3.79. The Morgan fingerprint density at radius 1 is 1.43 bits per heavy atom. The summed E-state index contributed by atoms with van der Waals surface area (Å²) in [7, 11) is -3.61. The molecule has 1 unspecified atom stereocenters. The summed E-state index contributed by atoms with van der Waals surface area (Å²) in [5, 5.41) is 4.52. The number of hydrogen-bond acceptors (Lipinski definition) is 4. The molecular formula is C14H21N3O3S. The summed E-state index contributed by atoms with van der Waals surface area (Å²) in [6.45, 7) is 4.70. The minimum atomic E-state index is -3.61. The van der Waals surface area contributed by atoms with Crippen molar-refractivity contribution in [1.29, 1.82) is 0 Å². The van der Waals surface area contributed by atoms with Gasteiger partial charge in [-0.1, -0.05) is 19.9 Å². The van der Waals surface area contributed by atoms with Crippen molar-refractivity contribution in [2.24, 2.45) is 5.14 Å². The number of aromatic nitrogens is 1. The average molecular weight is 311 g/mol. The first kappa shape index (κ1) is 15.9.